The molecule has 0 spiro atoms. The number of hydrogen-bond acceptors (Lipinski definition) is 7. The molecular weight excluding hydrogens is 426 g/mol. The molecule has 0 radical (unpaired) electrons. The van der Waals surface area contributed by atoms with Crippen LogP contribution in [0.25, 0.3) is 0 Å². The SMILES string of the molecule is COC(=O)c1sccc1NC(=O)COC(=O)C(C)Oc1ccc(Br)cc1. The van der Waals surface area contributed by atoms with Crippen LogP contribution in [0.2, 0.25) is 0 Å². The lowest BCUT2D eigenvalue weighted by Crippen LogP contribution is -2.29. The number of amides is 1. The van der Waals surface area contributed by atoms with Gasteiger partial charge in [-0.15, -0.1) is 11.3 Å². The van der Waals surface area contributed by atoms with Gasteiger partial charge in [0.05, 0.1) is 12.8 Å². The van der Waals surface area contributed by atoms with E-state index in [1.807, 2.05) is 0 Å². The van der Waals surface area contributed by atoms with Crippen LogP contribution in [0.3, 0.4) is 0 Å². The van der Waals surface area contributed by atoms with Crippen LogP contribution in [-0.4, -0.2) is 37.7 Å². The van der Waals surface area contributed by atoms with Gasteiger partial charge in [-0.05, 0) is 42.6 Å². The van der Waals surface area contributed by atoms with E-state index in [1.54, 1.807) is 35.7 Å². The van der Waals surface area contributed by atoms with Crippen molar-refractivity contribution in [2.45, 2.75) is 13.0 Å². The van der Waals surface area contributed by atoms with Crippen LogP contribution in [0.1, 0.15) is 16.6 Å². The van der Waals surface area contributed by atoms with Crippen molar-refractivity contribution in [3.63, 3.8) is 0 Å². The lowest BCUT2D eigenvalue weighted by atomic mass is 10.3. The van der Waals surface area contributed by atoms with E-state index < -0.39 is 30.6 Å². The minimum absolute atomic E-state index is 0.263. The van der Waals surface area contributed by atoms with Crippen LogP contribution in [0, 0.1) is 0 Å². The van der Waals surface area contributed by atoms with Gasteiger partial charge in [0.15, 0.2) is 12.7 Å². The number of esters is 2. The summed E-state index contributed by atoms with van der Waals surface area (Å²) in [7, 11) is 1.25. The maximum Gasteiger partial charge on any atom is 0.350 e. The fourth-order valence-electron chi connectivity index (χ4n) is 1.86. The van der Waals surface area contributed by atoms with E-state index >= 15 is 0 Å². The topological polar surface area (TPSA) is 90.9 Å². The zero-order valence-corrected chi connectivity index (χ0v) is 16.4. The van der Waals surface area contributed by atoms with Crippen molar-refractivity contribution in [3.05, 3.63) is 45.1 Å². The summed E-state index contributed by atoms with van der Waals surface area (Å²) in [4.78, 5) is 35.7. The number of hydrogen-bond donors (Lipinski definition) is 1. The smallest absolute Gasteiger partial charge is 0.350 e. The number of anilines is 1. The molecule has 1 heterocycles. The zero-order valence-electron chi connectivity index (χ0n) is 14.0. The molecule has 7 nitrogen and oxygen atoms in total. The number of ether oxygens (including phenoxy) is 3. The summed E-state index contributed by atoms with van der Waals surface area (Å²) >= 11 is 4.44. The third-order valence-corrected chi connectivity index (χ3v) is 4.54. The molecule has 1 N–H and O–H groups in total. The first-order chi connectivity index (χ1) is 12.4. The predicted molar refractivity (Wildman–Crippen MR) is 99.5 cm³/mol. The van der Waals surface area contributed by atoms with Crippen molar-refractivity contribution in [2.24, 2.45) is 0 Å². The van der Waals surface area contributed by atoms with Crippen LogP contribution >= 0.6 is 27.3 Å². The van der Waals surface area contributed by atoms with Crippen molar-refractivity contribution >= 4 is 50.8 Å². The third-order valence-electron chi connectivity index (χ3n) is 3.11. The highest BCUT2D eigenvalue weighted by atomic mass is 79.9. The molecule has 2 rings (SSSR count). The van der Waals surface area contributed by atoms with Crippen molar-refractivity contribution in [1.29, 1.82) is 0 Å². The van der Waals surface area contributed by atoms with Gasteiger partial charge in [-0.2, -0.15) is 0 Å². The fourth-order valence-corrected chi connectivity index (χ4v) is 2.89. The van der Waals surface area contributed by atoms with Crippen molar-refractivity contribution in [1.82, 2.24) is 0 Å². The highest BCUT2D eigenvalue weighted by Gasteiger charge is 2.19. The second kappa shape index (κ2) is 9.35. The van der Waals surface area contributed by atoms with E-state index in [0.29, 0.717) is 11.4 Å². The molecule has 1 atom stereocenters. The molecule has 0 saturated heterocycles. The number of rotatable bonds is 7. The molecule has 0 fully saturated rings. The molecule has 1 aromatic carbocycles. The van der Waals surface area contributed by atoms with Crippen LogP contribution in [0.15, 0.2) is 40.2 Å². The monoisotopic (exact) mass is 441 g/mol. The molecule has 0 bridgehead atoms. The maximum absolute atomic E-state index is 11.9. The molecular formula is C17H16BrNO6S. The molecule has 0 saturated carbocycles. The average Bonchev–Trinajstić information content (AvgIpc) is 3.08. The Labute approximate surface area is 162 Å². The zero-order chi connectivity index (χ0) is 19.1. The van der Waals surface area contributed by atoms with Gasteiger partial charge in [0, 0.05) is 4.47 Å². The average molecular weight is 442 g/mol. The molecule has 1 amide bonds. The van der Waals surface area contributed by atoms with E-state index in [1.165, 1.54) is 14.0 Å². The molecule has 9 heteroatoms. The predicted octanol–water partition coefficient (Wildman–Crippen LogP) is 3.25. The van der Waals surface area contributed by atoms with E-state index in [0.717, 1.165) is 15.8 Å². The number of halogens is 1. The van der Waals surface area contributed by atoms with Crippen LogP contribution in [-0.2, 0) is 19.1 Å². The van der Waals surface area contributed by atoms with Crippen LogP contribution in [0.4, 0.5) is 5.69 Å². The Bertz CT molecular complexity index is 789. The number of carbonyl (C=O) groups is 3. The molecule has 1 aromatic heterocycles. The second-order valence-corrected chi connectivity index (χ2v) is 6.86. The van der Waals surface area contributed by atoms with E-state index in [9.17, 15) is 14.4 Å². The summed E-state index contributed by atoms with van der Waals surface area (Å²) in [6.07, 6.45) is -0.879. The normalized spacial score (nSPS) is 11.3. The summed E-state index contributed by atoms with van der Waals surface area (Å²) in [5, 5.41) is 4.14. The Morgan fingerprint density at radius 3 is 2.54 bits per heavy atom. The van der Waals surface area contributed by atoms with Crippen molar-refractivity contribution < 1.29 is 28.6 Å². The van der Waals surface area contributed by atoms with Crippen LogP contribution in [0.5, 0.6) is 5.75 Å². The lowest BCUT2D eigenvalue weighted by Gasteiger charge is -2.14. The maximum atomic E-state index is 11.9. The Morgan fingerprint density at radius 1 is 1.19 bits per heavy atom. The fraction of sp³-hybridized carbons (Fsp3) is 0.235. The summed E-state index contributed by atoms with van der Waals surface area (Å²) in [5.41, 5.74) is 0.307. The Kier molecular flexibility index (Phi) is 7.16. The minimum Gasteiger partial charge on any atom is -0.479 e. The van der Waals surface area contributed by atoms with Gasteiger partial charge >= 0.3 is 11.9 Å². The Balaban J connectivity index is 1.83. The van der Waals surface area contributed by atoms with Gasteiger partial charge in [0.25, 0.3) is 5.91 Å². The van der Waals surface area contributed by atoms with Gasteiger partial charge < -0.3 is 19.5 Å². The van der Waals surface area contributed by atoms with E-state index in [2.05, 4.69) is 26.0 Å². The van der Waals surface area contributed by atoms with Gasteiger partial charge in [-0.1, -0.05) is 15.9 Å². The molecule has 26 heavy (non-hydrogen) atoms. The number of nitrogens with one attached hydrogen (secondary N) is 1. The molecule has 0 aliphatic heterocycles. The number of carbonyl (C=O) groups excluding carboxylic acids is 3. The second-order valence-electron chi connectivity index (χ2n) is 5.02. The quantitative estimate of drug-likeness (QED) is 0.663. The lowest BCUT2D eigenvalue weighted by molar-refractivity contribution is -0.153. The van der Waals surface area contributed by atoms with Crippen molar-refractivity contribution in [3.8, 4) is 5.75 Å². The van der Waals surface area contributed by atoms with Gasteiger partial charge in [0.2, 0.25) is 0 Å². The molecule has 2 aromatic rings. The standard InChI is InChI=1S/C17H16BrNO6S/c1-10(25-12-5-3-11(18)4-6-12)16(21)24-9-14(20)19-13-7-8-26-15(13)17(22)23-2/h3-8,10H,9H2,1-2H3,(H,19,20). The number of methoxy groups -OCH3 is 1. The summed E-state index contributed by atoms with van der Waals surface area (Å²) in [5.74, 6) is -1.30. The molecule has 0 aliphatic carbocycles. The highest BCUT2D eigenvalue weighted by Crippen LogP contribution is 2.23. The van der Waals surface area contributed by atoms with E-state index in [-0.39, 0.29) is 4.88 Å². The van der Waals surface area contributed by atoms with Gasteiger partial charge in [0.1, 0.15) is 10.6 Å². The largest absolute Gasteiger partial charge is 0.479 e. The minimum atomic E-state index is -0.879. The van der Waals surface area contributed by atoms with Crippen LogP contribution < -0.4 is 10.1 Å². The first-order valence-corrected chi connectivity index (χ1v) is 9.12. The van der Waals surface area contributed by atoms with Gasteiger partial charge in [-0.25, -0.2) is 9.59 Å². The third kappa shape index (κ3) is 5.57. The van der Waals surface area contributed by atoms with Crippen molar-refractivity contribution in [2.75, 3.05) is 19.0 Å². The summed E-state index contributed by atoms with van der Waals surface area (Å²) < 4.78 is 15.9. The highest BCUT2D eigenvalue weighted by molar-refractivity contribution is 9.10. The molecule has 138 valence electrons. The molecule has 1 unspecified atom stereocenters. The van der Waals surface area contributed by atoms with Gasteiger partial charge in [-0.3, -0.25) is 4.79 Å². The molecule has 0 aliphatic rings. The summed E-state index contributed by atoms with van der Waals surface area (Å²) in [6, 6.07) is 8.52. The first kappa shape index (κ1) is 19.9. The summed E-state index contributed by atoms with van der Waals surface area (Å²) in [6.45, 7) is 1.03. The Morgan fingerprint density at radius 2 is 1.88 bits per heavy atom. The number of benzene rings is 1. The number of thiophene rings is 1. The van der Waals surface area contributed by atoms with E-state index in [4.69, 9.17) is 9.47 Å². The first-order valence-electron chi connectivity index (χ1n) is 7.45. The Hall–Kier alpha value is -2.39.